The fraction of sp³-hybridized carbons (Fsp3) is 0.310. The highest BCUT2D eigenvalue weighted by Gasteiger charge is 2.49. The lowest BCUT2D eigenvalue weighted by Gasteiger charge is -2.41. The minimum atomic E-state index is -4.49. The lowest BCUT2D eigenvalue weighted by molar-refractivity contribution is -0.276. The minimum Gasteiger partial charge on any atom is -0.530 e. The molecule has 1 heterocycles. The van der Waals surface area contributed by atoms with Crippen LogP contribution in [-0.4, -0.2) is 74.1 Å². The van der Waals surface area contributed by atoms with Crippen molar-refractivity contribution < 1.29 is 41.4 Å². The third-order valence-corrected chi connectivity index (χ3v) is 8.43. The molecule has 0 bridgehead atoms. The molecular formula is C29H29F2N2O7S-. The number of alkyl halides is 2. The first-order valence-electron chi connectivity index (χ1n) is 12.8. The number of carbonyl (C=O) groups is 2. The standard InChI is InChI=1S/C29H30F2N2O7S/c30-29(31,20-32(17-23-12-6-2-7-13-23)41(37,38)25-14-8-3-9-15-25)27(34)26(16-22-10-4-1-5-11-22)33(28(35)36)24-18-39-21-40-19-24/h1-15,24,26H,16-21H2,(H,35,36)/p-1/t26-/m0/s1. The molecule has 0 unspecified atom stereocenters. The Balaban J connectivity index is 1.71. The van der Waals surface area contributed by atoms with Crippen molar-refractivity contribution in [2.24, 2.45) is 0 Å². The topological polar surface area (TPSA) is 116 Å². The summed E-state index contributed by atoms with van der Waals surface area (Å²) in [4.78, 5) is 26.2. The van der Waals surface area contributed by atoms with E-state index in [0.29, 0.717) is 20.3 Å². The number of hydrogen-bond acceptors (Lipinski definition) is 7. The molecule has 0 aromatic heterocycles. The van der Waals surface area contributed by atoms with E-state index < -0.39 is 59.4 Å². The number of sulfonamides is 1. The van der Waals surface area contributed by atoms with Crippen molar-refractivity contribution in [2.45, 2.75) is 35.9 Å². The molecule has 1 aliphatic rings. The van der Waals surface area contributed by atoms with Crippen molar-refractivity contribution in [3.63, 3.8) is 0 Å². The molecule has 12 heteroatoms. The quantitative estimate of drug-likeness (QED) is 0.320. The molecule has 1 aliphatic heterocycles. The highest BCUT2D eigenvalue weighted by atomic mass is 32.2. The molecule has 3 aromatic rings. The van der Waals surface area contributed by atoms with E-state index in [4.69, 9.17) is 9.47 Å². The number of carbonyl (C=O) groups excluding carboxylic acids is 2. The van der Waals surface area contributed by atoms with Gasteiger partial charge >= 0.3 is 5.92 Å². The van der Waals surface area contributed by atoms with Crippen molar-refractivity contribution in [3.8, 4) is 0 Å². The van der Waals surface area contributed by atoms with Gasteiger partial charge in [0.2, 0.25) is 15.8 Å². The molecule has 0 radical (unpaired) electrons. The Morgan fingerprint density at radius 3 is 1.93 bits per heavy atom. The molecule has 3 aromatic carbocycles. The van der Waals surface area contributed by atoms with Crippen molar-refractivity contribution in [1.82, 2.24) is 9.21 Å². The molecule has 1 amide bonds. The summed E-state index contributed by atoms with van der Waals surface area (Å²) < 4.78 is 69.9. The lowest BCUT2D eigenvalue weighted by Crippen LogP contribution is -2.63. The third-order valence-electron chi connectivity index (χ3n) is 6.62. The van der Waals surface area contributed by atoms with Crippen molar-refractivity contribution in [1.29, 1.82) is 0 Å². The lowest BCUT2D eigenvalue weighted by atomic mass is 9.95. The van der Waals surface area contributed by atoms with E-state index in [1.165, 1.54) is 24.3 Å². The first-order chi connectivity index (χ1) is 19.6. The summed E-state index contributed by atoms with van der Waals surface area (Å²) in [5.74, 6) is -6.06. The SMILES string of the molecule is O=C([O-])N(C1COCOC1)[C@@H](Cc1ccccc1)C(=O)C(F)(F)CN(Cc1ccccc1)S(=O)(=O)c1ccccc1. The Morgan fingerprint density at radius 1 is 0.878 bits per heavy atom. The Morgan fingerprint density at radius 2 is 1.39 bits per heavy atom. The van der Waals surface area contributed by atoms with Gasteiger partial charge in [-0.1, -0.05) is 78.9 Å². The first-order valence-corrected chi connectivity index (χ1v) is 14.2. The van der Waals surface area contributed by atoms with Crippen LogP contribution in [0.25, 0.3) is 0 Å². The van der Waals surface area contributed by atoms with Crippen LogP contribution in [0.4, 0.5) is 13.6 Å². The fourth-order valence-electron chi connectivity index (χ4n) is 4.62. The van der Waals surface area contributed by atoms with Crippen molar-refractivity contribution in [3.05, 3.63) is 102 Å². The van der Waals surface area contributed by atoms with Gasteiger partial charge in [-0.3, -0.25) is 4.79 Å². The maximum absolute atomic E-state index is 16.0. The number of rotatable bonds is 12. The summed E-state index contributed by atoms with van der Waals surface area (Å²) in [6.45, 7) is -2.46. The maximum Gasteiger partial charge on any atom is 0.320 e. The number of nitrogens with zero attached hydrogens (tertiary/aromatic N) is 2. The van der Waals surface area contributed by atoms with Crippen molar-refractivity contribution >= 4 is 21.9 Å². The molecule has 0 aliphatic carbocycles. The number of halogens is 2. The largest absolute Gasteiger partial charge is 0.530 e. The van der Waals surface area contributed by atoms with Crippen LogP contribution in [0.2, 0.25) is 0 Å². The van der Waals surface area contributed by atoms with Crippen LogP contribution in [0, 0.1) is 0 Å². The predicted molar refractivity (Wildman–Crippen MR) is 142 cm³/mol. The summed E-state index contributed by atoms with van der Waals surface area (Å²) >= 11 is 0. The molecule has 41 heavy (non-hydrogen) atoms. The van der Waals surface area contributed by atoms with Gasteiger partial charge in [0.1, 0.15) is 12.9 Å². The zero-order chi connectivity index (χ0) is 29.5. The monoisotopic (exact) mass is 587 g/mol. The second-order valence-electron chi connectivity index (χ2n) is 9.53. The summed E-state index contributed by atoms with van der Waals surface area (Å²) in [6.07, 6.45) is -2.25. The number of amides is 1. The van der Waals surface area contributed by atoms with Crippen LogP contribution in [0.1, 0.15) is 11.1 Å². The summed E-state index contributed by atoms with van der Waals surface area (Å²) in [7, 11) is -4.49. The van der Waals surface area contributed by atoms with Gasteiger partial charge in [-0.25, -0.2) is 8.42 Å². The molecule has 1 atom stereocenters. The summed E-state index contributed by atoms with van der Waals surface area (Å²) in [5.41, 5.74) is 0.840. The van der Waals surface area contributed by atoms with Crippen LogP contribution in [0.15, 0.2) is 95.9 Å². The van der Waals surface area contributed by atoms with Crippen LogP contribution < -0.4 is 5.11 Å². The van der Waals surface area contributed by atoms with Crippen LogP contribution in [-0.2, 0) is 37.3 Å². The molecule has 4 rings (SSSR count). The smallest absolute Gasteiger partial charge is 0.320 e. The predicted octanol–water partition coefficient (Wildman–Crippen LogP) is 2.71. The zero-order valence-corrected chi connectivity index (χ0v) is 22.8. The summed E-state index contributed by atoms with van der Waals surface area (Å²) in [6, 6.07) is 20.2. The molecular weight excluding hydrogens is 558 g/mol. The zero-order valence-electron chi connectivity index (χ0n) is 22.0. The number of ketones is 1. The maximum atomic E-state index is 16.0. The molecule has 0 saturated carbocycles. The van der Waals surface area contributed by atoms with E-state index >= 15 is 8.78 Å². The minimum absolute atomic E-state index is 0.114. The number of carboxylic acid groups (broad SMARTS) is 1. The Hall–Kier alpha value is -3.71. The Bertz CT molecular complexity index is 1400. The Labute approximate surface area is 237 Å². The Kier molecular flexibility index (Phi) is 9.81. The number of benzene rings is 3. The molecule has 218 valence electrons. The average Bonchev–Trinajstić information content (AvgIpc) is 2.98. The highest BCUT2D eigenvalue weighted by molar-refractivity contribution is 7.89. The number of ether oxygens (including phenoxy) is 2. The molecule has 0 spiro atoms. The van der Waals surface area contributed by atoms with Gasteiger partial charge in [0.15, 0.2) is 0 Å². The molecule has 9 nitrogen and oxygen atoms in total. The van der Waals surface area contributed by atoms with Gasteiger partial charge in [0.05, 0.1) is 36.7 Å². The van der Waals surface area contributed by atoms with Gasteiger partial charge in [0, 0.05) is 13.0 Å². The number of Topliss-reactive ketones (excluding diaryl/α,β-unsaturated/α-hetero) is 1. The first kappa shape index (κ1) is 30.3. The normalized spacial score (nSPS) is 15.4. The van der Waals surface area contributed by atoms with Crippen LogP contribution >= 0.6 is 0 Å². The summed E-state index contributed by atoms with van der Waals surface area (Å²) in [5, 5.41) is 12.3. The van der Waals surface area contributed by atoms with E-state index in [-0.39, 0.29) is 24.9 Å². The molecule has 1 saturated heterocycles. The third kappa shape index (κ3) is 7.53. The van der Waals surface area contributed by atoms with E-state index in [1.54, 1.807) is 66.7 Å². The van der Waals surface area contributed by atoms with Crippen LogP contribution in [0.3, 0.4) is 0 Å². The van der Waals surface area contributed by atoms with E-state index in [9.17, 15) is 23.1 Å². The van der Waals surface area contributed by atoms with Gasteiger partial charge < -0.3 is 24.3 Å². The van der Waals surface area contributed by atoms with E-state index in [2.05, 4.69) is 0 Å². The van der Waals surface area contributed by atoms with Gasteiger partial charge in [-0.15, -0.1) is 0 Å². The fourth-order valence-corrected chi connectivity index (χ4v) is 6.07. The number of hydrogen-bond donors (Lipinski definition) is 0. The second-order valence-corrected chi connectivity index (χ2v) is 11.5. The molecule has 1 fully saturated rings. The van der Waals surface area contributed by atoms with E-state index in [0.717, 1.165) is 0 Å². The molecule has 0 N–H and O–H groups in total. The van der Waals surface area contributed by atoms with Crippen molar-refractivity contribution in [2.75, 3.05) is 26.6 Å². The average molecular weight is 588 g/mol. The van der Waals surface area contributed by atoms with Crippen LogP contribution in [0.5, 0.6) is 0 Å². The highest BCUT2D eigenvalue weighted by Crippen LogP contribution is 2.29. The second kappa shape index (κ2) is 13.3. The van der Waals surface area contributed by atoms with Gasteiger partial charge in [0.25, 0.3) is 0 Å². The van der Waals surface area contributed by atoms with Gasteiger partial charge in [-0.2, -0.15) is 13.1 Å². The van der Waals surface area contributed by atoms with Gasteiger partial charge in [-0.05, 0) is 23.3 Å². The van der Waals surface area contributed by atoms with E-state index in [1.807, 2.05) is 0 Å².